The van der Waals surface area contributed by atoms with E-state index in [2.05, 4.69) is 10.2 Å². The molecule has 1 aliphatic carbocycles. The number of para-hydroxylation sites is 1. The van der Waals surface area contributed by atoms with Gasteiger partial charge in [0.25, 0.3) is 11.5 Å². The van der Waals surface area contributed by atoms with Gasteiger partial charge in [-0.25, -0.2) is 4.68 Å². The number of aryl methyl sites for hydroxylation is 3. The molecular formula is C20H21N5O2. The smallest absolute Gasteiger partial charge is 0.275 e. The van der Waals surface area contributed by atoms with E-state index in [0.29, 0.717) is 25.3 Å². The van der Waals surface area contributed by atoms with Gasteiger partial charge in [-0.1, -0.05) is 18.2 Å². The molecule has 7 heteroatoms. The minimum absolute atomic E-state index is 0.0313. The molecule has 0 bridgehead atoms. The fraction of sp³-hybridized carbons (Fsp3) is 0.400. The van der Waals surface area contributed by atoms with Gasteiger partial charge >= 0.3 is 0 Å². The monoisotopic (exact) mass is 363 g/mol. The molecular weight excluding hydrogens is 342 g/mol. The topological polar surface area (TPSA) is 73.0 Å². The number of carbonyl (C=O) groups excluding carboxylic acids is 1. The fourth-order valence-electron chi connectivity index (χ4n) is 4.19. The van der Waals surface area contributed by atoms with Gasteiger partial charge in [-0.2, -0.15) is 10.2 Å². The molecule has 2 aliphatic rings. The van der Waals surface area contributed by atoms with Crippen LogP contribution in [0.2, 0.25) is 0 Å². The van der Waals surface area contributed by atoms with Gasteiger partial charge in [0, 0.05) is 37.5 Å². The maximum atomic E-state index is 12.8. The average Bonchev–Trinajstić information content (AvgIpc) is 3.21. The van der Waals surface area contributed by atoms with Crippen molar-refractivity contribution in [1.29, 1.82) is 0 Å². The first-order chi connectivity index (χ1) is 13.1. The third-order valence-corrected chi connectivity index (χ3v) is 5.66. The lowest BCUT2D eigenvalue weighted by atomic mass is 9.99. The Kier molecular flexibility index (Phi) is 3.63. The number of rotatable bonds is 3. The Hall–Kier alpha value is -2.96. The zero-order valence-electron chi connectivity index (χ0n) is 15.3. The summed E-state index contributed by atoms with van der Waals surface area (Å²) >= 11 is 0. The van der Waals surface area contributed by atoms with Crippen molar-refractivity contribution in [2.75, 3.05) is 13.1 Å². The molecule has 0 atom stereocenters. The van der Waals surface area contributed by atoms with E-state index in [9.17, 15) is 9.59 Å². The van der Waals surface area contributed by atoms with Gasteiger partial charge < -0.3 is 4.90 Å². The third kappa shape index (κ3) is 2.65. The molecule has 3 heterocycles. The highest BCUT2D eigenvalue weighted by atomic mass is 16.2. The summed E-state index contributed by atoms with van der Waals surface area (Å²) in [4.78, 5) is 26.9. The molecule has 1 amide bonds. The number of hydrogen-bond acceptors (Lipinski definition) is 4. The average molecular weight is 363 g/mol. The normalized spacial score (nSPS) is 16.6. The second-order valence-electron chi connectivity index (χ2n) is 7.56. The lowest BCUT2D eigenvalue weighted by Crippen LogP contribution is -2.52. The van der Waals surface area contributed by atoms with Gasteiger partial charge in [0.15, 0.2) is 5.69 Å². The molecule has 3 aromatic rings. The zero-order valence-corrected chi connectivity index (χ0v) is 15.3. The highest BCUT2D eigenvalue weighted by Crippen LogP contribution is 2.24. The highest BCUT2D eigenvalue weighted by molar-refractivity contribution is 6.05. The molecule has 0 unspecified atom stereocenters. The molecule has 7 nitrogen and oxygen atoms in total. The summed E-state index contributed by atoms with van der Waals surface area (Å²) in [5, 5.41) is 9.82. The standard InChI is InChI=1S/C20H21N5O2/c1-23-17-8-3-2-6-15(17)19(22-23)20(27)24-10-13(11-24)12-25-18(26)9-14-5-4-7-16(14)21-25/h2-3,6,8-9,13H,4-5,7,10-12H2,1H3. The second-order valence-corrected chi connectivity index (χ2v) is 7.56. The molecule has 1 fully saturated rings. The van der Waals surface area contributed by atoms with Crippen LogP contribution in [0.1, 0.15) is 28.2 Å². The number of amides is 1. The van der Waals surface area contributed by atoms with Crippen molar-refractivity contribution in [1.82, 2.24) is 24.5 Å². The third-order valence-electron chi connectivity index (χ3n) is 5.66. The Labute approximate surface area is 156 Å². The summed E-state index contributed by atoms with van der Waals surface area (Å²) in [5.74, 6) is 0.214. The van der Waals surface area contributed by atoms with Crippen molar-refractivity contribution in [3.05, 3.63) is 57.6 Å². The second kappa shape index (κ2) is 6.04. The molecule has 0 saturated carbocycles. The lowest BCUT2D eigenvalue weighted by molar-refractivity contribution is 0.0453. The molecule has 0 N–H and O–H groups in total. The van der Waals surface area contributed by atoms with Gasteiger partial charge in [0.2, 0.25) is 0 Å². The van der Waals surface area contributed by atoms with E-state index in [1.54, 1.807) is 20.3 Å². The number of likely N-dealkylation sites (tertiary alicyclic amines) is 1. The van der Waals surface area contributed by atoms with Crippen LogP contribution >= 0.6 is 0 Å². The van der Waals surface area contributed by atoms with Crippen LogP contribution in [-0.4, -0.2) is 43.5 Å². The Bertz CT molecular complexity index is 1110. The maximum Gasteiger partial charge on any atom is 0.275 e. The van der Waals surface area contributed by atoms with Gasteiger partial charge in [0.05, 0.1) is 17.8 Å². The Morgan fingerprint density at radius 3 is 2.85 bits per heavy atom. The van der Waals surface area contributed by atoms with Crippen molar-refractivity contribution < 1.29 is 4.79 Å². The van der Waals surface area contributed by atoms with Gasteiger partial charge in [0.1, 0.15) is 0 Å². The highest BCUT2D eigenvalue weighted by Gasteiger charge is 2.34. The number of aromatic nitrogens is 4. The molecule has 1 aliphatic heterocycles. The molecule has 0 radical (unpaired) electrons. The van der Waals surface area contributed by atoms with E-state index >= 15 is 0 Å². The maximum absolute atomic E-state index is 12.8. The van der Waals surface area contributed by atoms with E-state index in [1.165, 1.54) is 0 Å². The van der Waals surface area contributed by atoms with Crippen LogP contribution < -0.4 is 5.56 Å². The molecule has 27 heavy (non-hydrogen) atoms. The van der Waals surface area contributed by atoms with Crippen LogP contribution in [0.15, 0.2) is 35.1 Å². The largest absolute Gasteiger partial charge is 0.336 e. The van der Waals surface area contributed by atoms with Crippen LogP contribution in [-0.2, 0) is 26.4 Å². The van der Waals surface area contributed by atoms with E-state index in [4.69, 9.17) is 0 Å². The number of nitrogens with zero attached hydrogens (tertiary/aromatic N) is 5. The molecule has 5 rings (SSSR count). The predicted molar refractivity (Wildman–Crippen MR) is 101 cm³/mol. The van der Waals surface area contributed by atoms with Crippen LogP contribution in [0.4, 0.5) is 0 Å². The van der Waals surface area contributed by atoms with Gasteiger partial charge in [-0.3, -0.25) is 14.3 Å². The van der Waals surface area contributed by atoms with Crippen LogP contribution in [0.25, 0.3) is 10.9 Å². The predicted octanol–water partition coefficient (Wildman–Crippen LogP) is 1.39. The molecule has 0 spiro atoms. The van der Waals surface area contributed by atoms with Crippen LogP contribution in [0, 0.1) is 5.92 Å². The SMILES string of the molecule is Cn1nc(C(=O)N2CC(Cn3nc4c(cc3=O)CCC4)C2)c2ccccc21. The zero-order chi connectivity index (χ0) is 18.5. The summed E-state index contributed by atoms with van der Waals surface area (Å²) < 4.78 is 3.32. The van der Waals surface area contributed by atoms with Crippen molar-refractivity contribution in [3.63, 3.8) is 0 Å². The molecule has 2 aromatic heterocycles. The minimum Gasteiger partial charge on any atom is -0.336 e. The first-order valence-electron chi connectivity index (χ1n) is 9.41. The van der Waals surface area contributed by atoms with Crippen molar-refractivity contribution in [3.8, 4) is 0 Å². The van der Waals surface area contributed by atoms with Crippen LogP contribution in [0.3, 0.4) is 0 Å². The van der Waals surface area contributed by atoms with Gasteiger partial charge in [-0.05, 0) is 30.9 Å². The Morgan fingerprint density at radius 2 is 2.00 bits per heavy atom. The minimum atomic E-state index is -0.0442. The first-order valence-corrected chi connectivity index (χ1v) is 9.41. The molecule has 138 valence electrons. The Morgan fingerprint density at radius 1 is 1.19 bits per heavy atom. The van der Waals surface area contributed by atoms with E-state index < -0.39 is 0 Å². The van der Waals surface area contributed by atoms with Crippen molar-refractivity contribution in [2.24, 2.45) is 13.0 Å². The summed E-state index contributed by atoms with van der Waals surface area (Å²) in [6, 6.07) is 9.49. The molecule has 1 saturated heterocycles. The summed E-state index contributed by atoms with van der Waals surface area (Å²) in [6.45, 7) is 1.84. The van der Waals surface area contributed by atoms with Crippen molar-refractivity contribution in [2.45, 2.75) is 25.8 Å². The Balaban J connectivity index is 1.29. The lowest BCUT2D eigenvalue weighted by Gasteiger charge is -2.38. The van der Waals surface area contributed by atoms with E-state index in [0.717, 1.165) is 41.4 Å². The number of carbonyl (C=O) groups is 1. The van der Waals surface area contributed by atoms with E-state index in [-0.39, 0.29) is 17.4 Å². The fourth-order valence-corrected chi connectivity index (χ4v) is 4.19. The number of fused-ring (bicyclic) bond motifs is 2. The number of benzene rings is 1. The quantitative estimate of drug-likeness (QED) is 0.705. The van der Waals surface area contributed by atoms with Crippen LogP contribution in [0.5, 0.6) is 0 Å². The summed E-state index contributed by atoms with van der Waals surface area (Å²) in [5.41, 5.74) is 3.58. The van der Waals surface area contributed by atoms with E-state index in [1.807, 2.05) is 31.3 Å². The number of hydrogen-bond donors (Lipinski definition) is 0. The summed E-state index contributed by atoms with van der Waals surface area (Å²) in [6.07, 6.45) is 3.00. The first kappa shape index (κ1) is 16.2. The van der Waals surface area contributed by atoms with Crippen molar-refractivity contribution >= 4 is 16.8 Å². The van der Waals surface area contributed by atoms with Gasteiger partial charge in [-0.15, -0.1) is 0 Å². The summed E-state index contributed by atoms with van der Waals surface area (Å²) in [7, 11) is 1.85. The molecule has 1 aromatic carbocycles.